The predicted molar refractivity (Wildman–Crippen MR) is 126 cm³/mol. The Kier molecular flexibility index (Phi) is 8.27. The average molecular weight is 590 g/mol. The molecule has 2 N–H and O–H groups in total. The smallest absolute Gasteiger partial charge is 0.316 e. The van der Waals surface area contributed by atoms with E-state index in [1.807, 2.05) is 45.2 Å². The SMILES string of the molecule is CC(=[OH+])/C=C(\O)C(C)(C)C.[Ir].[c-]1ccccc1-c1nccc2c1ccc1ccccc12. The van der Waals surface area contributed by atoms with E-state index in [2.05, 4.69) is 59.6 Å². The molecule has 0 aliphatic rings. The van der Waals surface area contributed by atoms with Crippen LogP contribution < -0.4 is 0 Å². The summed E-state index contributed by atoms with van der Waals surface area (Å²) in [6.07, 6.45) is 3.24. The molecule has 31 heavy (non-hydrogen) atoms. The molecule has 0 unspecified atom stereocenters. The van der Waals surface area contributed by atoms with E-state index in [0.717, 1.165) is 11.3 Å². The Morgan fingerprint density at radius 3 is 2.26 bits per heavy atom. The quantitative estimate of drug-likeness (QED) is 0.0910. The van der Waals surface area contributed by atoms with Gasteiger partial charge in [0.1, 0.15) is 5.76 Å². The maximum Gasteiger partial charge on any atom is 0.316 e. The molecule has 1 aromatic heterocycles. The van der Waals surface area contributed by atoms with Gasteiger partial charge in [0.15, 0.2) is 0 Å². The molecule has 0 bridgehead atoms. The van der Waals surface area contributed by atoms with Gasteiger partial charge in [-0.05, 0) is 33.3 Å². The van der Waals surface area contributed by atoms with Crippen molar-refractivity contribution in [2.75, 3.05) is 0 Å². The molecule has 1 radical (unpaired) electrons. The molecule has 0 saturated heterocycles. The van der Waals surface area contributed by atoms with E-state index in [1.165, 1.54) is 34.5 Å². The van der Waals surface area contributed by atoms with Crippen LogP contribution in [0.2, 0.25) is 0 Å². The number of fused-ring (bicyclic) bond motifs is 3. The van der Waals surface area contributed by atoms with Gasteiger partial charge in [-0.15, -0.1) is 35.9 Å². The summed E-state index contributed by atoms with van der Waals surface area (Å²) in [4.78, 5) is 13.3. The van der Waals surface area contributed by atoms with Gasteiger partial charge in [-0.1, -0.05) is 57.2 Å². The van der Waals surface area contributed by atoms with Crippen LogP contribution in [0, 0.1) is 11.5 Å². The summed E-state index contributed by atoms with van der Waals surface area (Å²) < 4.78 is 0. The first-order chi connectivity index (χ1) is 14.3. The van der Waals surface area contributed by atoms with Crippen LogP contribution in [0.1, 0.15) is 27.7 Å². The second-order valence-corrected chi connectivity index (χ2v) is 8.24. The predicted octanol–water partition coefficient (Wildman–Crippen LogP) is 6.89. The van der Waals surface area contributed by atoms with E-state index in [0.29, 0.717) is 0 Å². The maximum atomic E-state index is 9.24. The van der Waals surface area contributed by atoms with Gasteiger partial charge in [0.2, 0.25) is 0 Å². The van der Waals surface area contributed by atoms with Crippen LogP contribution in [0.4, 0.5) is 0 Å². The number of carbonyl (C=O) groups excluding carboxylic acids is 1. The van der Waals surface area contributed by atoms with Gasteiger partial charge in [-0.25, -0.2) is 0 Å². The Balaban J connectivity index is 0.000000269. The Bertz CT molecular complexity index is 1210. The zero-order valence-electron chi connectivity index (χ0n) is 18.2. The van der Waals surface area contributed by atoms with E-state index in [9.17, 15) is 5.11 Å². The molecule has 0 atom stereocenters. The van der Waals surface area contributed by atoms with E-state index in [4.69, 9.17) is 4.79 Å². The standard InChI is InChI=1S/C19H12N.C8H14O2.Ir/c1-2-7-15(8-3-1)19-18-11-10-14-6-4-5-9-16(14)17(18)12-13-20-19;1-6(9)5-7(10)8(2,3)4;/h1-7,9-13H;5,10H,1-4H3;/q-1;;/p+1/b;7-5-;. The summed E-state index contributed by atoms with van der Waals surface area (Å²) in [6.45, 7) is 7.16. The third kappa shape index (κ3) is 6.10. The molecule has 1 heterocycles. The Hall–Kier alpha value is -2.81. The van der Waals surface area contributed by atoms with Crippen molar-refractivity contribution in [2.45, 2.75) is 27.7 Å². The van der Waals surface area contributed by atoms with Crippen molar-refractivity contribution >= 4 is 27.3 Å². The van der Waals surface area contributed by atoms with E-state index >= 15 is 0 Å². The minimum atomic E-state index is -0.274. The number of hydrogen-bond donors (Lipinski definition) is 1. The van der Waals surface area contributed by atoms with Gasteiger partial charge < -0.3 is 10.1 Å². The number of aliphatic hydroxyl groups excluding tert-OH is 1. The van der Waals surface area contributed by atoms with Gasteiger partial charge in [-0.3, -0.25) is 4.79 Å². The molecule has 0 amide bonds. The first kappa shape index (κ1) is 24.5. The van der Waals surface area contributed by atoms with Crippen molar-refractivity contribution in [1.29, 1.82) is 0 Å². The Morgan fingerprint density at radius 2 is 1.65 bits per heavy atom. The van der Waals surface area contributed by atoms with Crippen molar-refractivity contribution < 1.29 is 30.0 Å². The van der Waals surface area contributed by atoms with E-state index < -0.39 is 0 Å². The molecule has 0 aliphatic carbocycles. The van der Waals surface area contributed by atoms with Gasteiger partial charge >= 0.3 is 5.78 Å². The first-order valence-corrected chi connectivity index (χ1v) is 9.94. The summed E-state index contributed by atoms with van der Waals surface area (Å²) in [5, 5.41) is 14.2. The fourth-order valence-electron chi connectivity index (χ4n) is 3.11. The number of rotatable bonds is 2. The molecule has 3 aromatic carbocycles. The molecule has 4 aromatic rings. The normalized spacial score (nSPS) is 11.4. The molecule has 3 nitrogen and oxygen atoms in total. The third-order valence-corrected chi connectivity index (χ3v) is 4.75. The first-order valence-electron chi connectivity index (χ1n) is 9.94. The Morgan fingerprint density at radius 1 is 0.935 bits per heavy atom. The van der Waals surface area contributed by atoms with Crippen LogP contribution in [0.3, 0.4) is 0 Å². The van der Waals surface area contributed by atoms with Crippen molar-refractivity contribution in [3.8, 4) is 11.3 Å². The fraction of sp³-hybridized carbons (Fsp3) is 0.185. The van der Waals surface area contributed by atoms with Gasteiger partial charge in [0.05, 0.1) is 13.0 Å². The molecular weight excluding hydrogens is 563 g/mol. The molecular formula is C27H27IrNO2. The summed E-state index contributed by atoms with van der Waals surface area (Å²) >= 11 is 0. The molecule has 0 fully saturated rings. The van der Waals surface area contributed by atoms with Crippen LogP contribution >= 0.6 is 0 Å². The summed E-state index contributed by atoms with van der Waals surface area (Å²) in [5.41, 5.74) is 1.76. The van der Waals surface area contributed by atoms with Crippen molar-refractivity contribution in [3.05, 3.63) is 90.8 Å². The largest absolute Gasteiger partial charge is 0.511 e. The number of pyridine rings is 1. The van der Waals surface area contributed by atoms with Crippen molar-refractivity contribution in [2.24, 2.45) is 5.41 Å². The topological polar surface area (TPSA) is 54.5 Å². The minimum absolute atomic E-state index is 0. The van der Waals surface area contributed by atoms with Gasteiger partial charge in [0, 0.05) is 31.7 Å². The summed E-state index contributed by atoms with van der Waals surface area (Å²) in [6, 6.07) is 26.1. The van der Waals surface area contributed by atoms with Crippen LogP contribution in [-0.2, 0) is 20.1 Å². The second-order valence-electron chi connectivity index (χ2n) is 8.24. The van der Waals surface area contributed by atoms with Crippen molar-refractivity contribution in [3.63, 3.8) is 0 Å². The second kappa shape index (κ2) is 10.5. The number of aliphatic hydroxyl groups is 1. The number of ketones is 1. The van der Waals surface area contributed by atoms with Crippen LogP contribution in [0.15, 0.2) is 84.8 Å². The number of allylic oxidation sites excluding steroid dienone is 2. The summed E-state index contributed by atoms with van der Waals surface area (Å²) in [5.74, 6) is 0.333. The van der Waals surface area contributed by atoms with Gasteiger partial charge in [-0.2, -0.15) is 0 Å². The molecule has 0 aliphatic heterocycles. The zero-order chi connectivity index (χ0) is 21.7. The average Bonchev–Trinajstić information content (AvgIpc) is 2.73. The molecule has 0 spiro atoms. The molecule has 4 rings (SSSR count). The number of nitrogens with zero attached hydrogens (tertiary/aromatic N) is 1. The maximum absolute atomic E-state index is 9.24. The zero-order valence-corrected chi connectivity index (χ0v) is 20.6. The van der Waals surface area contributed by atoms with E-state index in [1.54, 1.807) is 0 Å². The van der Waals surface area contributed by atoms with Crippen LogP contribution in [0.25, 0.3) is 32.8 Å². The monoisotopic (exact) mass is 590 g/mol. The molecule has 4 heteroatoms. The van der Waals surface area contributed by atoms with Crippen LogP contribution in [-0.4, -0.2) is 20.7 Å². The number of benzene rings is 3. The third-order valence-electron chi connectivity index (χ3n) is 4.75. The Labute approximate surface area is 197 Å². The minimum Gasteiger partial charge on any atom is -0.511 e. The van der Waals surface area contributed by atoms with Gasteiger partial charge in [0.25, 0.3) is 0 Å². The number of aromatic nitrogens is 1. The molecule has 0 saturated carbocycles. The van der Waals surface area contributed by atoms with E-state index in [-0.39, 0.29) is 37.1 Å². The van der Waals surface area contributed by atoms with Crippen LogP contribution in [0.5, 0.6) is 0 Å². The summed E-state index contributed by atoms with van der Waals surface area (Å²) in [7, 11) is 0. The van der Waals surface area contributed by atoms with Crippen molar-refractivity contribution in [1.82, 2.24) is 4.98 Å². The fourth-order valence-corrected chi connectivity index (χ4v) is 3.11. The number of hydrogen-bond acceptors (Lipinski definition) is 2. The molecule has 161 valence electrons.